The van der Waals surface area contributed by atoms with Crippen LogP contribution < -0.4 is 20.1 Å². The van der Waals surface area contributed by atoms with E-state index < -0.39 is 18.0 Å². The first-order valence-electron chi connectivity index (χ1n) is 9.93. The highest BCUT2D eigenvalue weighted by atomic mass is 16.6. The predicted octanol–water partition coefficient (Wildman–Crippen LogP) is 4.39. The molecule has 0 radical (unpaired) electrons. The summed E-state index contributed by atoms with van der Waals surface area (Å²) in [7, 11) is 0. The maximum absolute atomic E-state index is 12.7. The van der Waals surface area contributed by atoms with Crippen LogP contribution in [0, 0.1) is 0 Å². The number of para-hydroxylation sites is 2. The summed E-state index contributed by atoms with van der Waals surface area (Å²) in [5.41, 5.74) is 2.30. The Morgan fingerprint density at radius 2 is 1.58 bits per heavy atom. The van der Waals surface area contributed by atoms with E-state index in [-0.39, 0.29) is 0 Å². The Bertz CT molecular complexity index is 1080. The van der Waals surface area contributed by atoms with Crippen LogP contribution in [0.15, 0.2) is 72.8 Å². The highest BCUT2D eigenvalue weighted by Gasteiger charge is 2.22. The number of esters is 1. The van der Waals surface area contributed by atoms with Gasteiger partial charge in [0.2, 0.25) is 0 Å². The van der Waals surface area contributed by atoms with E-state index in [0.29, 0.717) is 41.7 Å². The molecule has 158 valence electrons. The third-order valence-electron chi connectivity index (χ3n) is 4.66. The minimum absolute atomic E-state index is 0.338. The van der Waals surface area contributed by atoms with Crippen molar-refractivity contribution in [2.45, 2.75) is 13.0 Å². The van der Waals surface area contributed by atoms with E-state index in [2.05, 4.69) is 10.6 Å². The van der Waals surface area contributed by atoms with Crippen molar-refractivity contribution < 1.29 is 23.8 Å². The van der Waals surface area contributed by atoms with Crippen LogP contribution >= 0.6 is 0 Å². The first-order chi connectivity index (χ1) is 15.1. The van der Waals surface area contributed by atoms with Gasteiger partial charge in [0.05, 0.1) is 11.3 Å². The zero-order valence-corrected chi connectivity index (χ0v) is 17.0. The fourth-order valence-corrected chi connectivity index (χ4v) is 3.09. The zero-order chi connectivity index (χ0) is 21.6. The molecular weight excluding hydrogens is 396 g/mol. The summed E-state index contributed by atoms with van der Waals surface area (Å²) in [5, 5.41) is 5.93. The number of anilines is 3. The maximum atomic E-state index is 12.7. The van der Waals surface area contributed by atoms with Gasteiger partial charge in [-0.2, -0.15) is 0 Å². The number of carbonyl (C=O) groups excluding carboxylic acids is 2. The largest absolute Gasteiger partial charge is 0.486 e. The lowest BCUT2D eigenvalue weighted by Crippen LogP contribution is -2.30. The molecule has 3 aromatic carbocycles. The third-order valence-corrected chi connectivity index (χ3v) is 4.66. The molecule has 0 spiro atoms. The number of hydrogen-bond acceptors (Lipinski definition) is 6. The topological polar surface area (TPSA) is 85.9 Å². The lowest BCUT2D eigenvalue weighted by molar-refractivity contribution is -0.123. The lowest BCUT2D eigenvalue weighted by atomic mass is 10.1. The van der Waals surface area contributed by atoms with E-state index in [4.69, 9.17) is 14.2 Å². The number of carbonyl (C=O) groups is 2. The molecule has 0 aromatic heterocycles. The molecule has 1 aliphatic rings. The Balaban J connectivity index is 1.41. The van der Waals surface area contributed by atoms with Crippen molar-refractivity contribution in [1.29, 1.82) is 0 Å². The Morgan fingerprint density at radius 1 is 0.871 bits per heavy atom. The van der Waals surface area contributed by atoms with E-state index in [1.54, 1.807) is 36.4 Å². The van der Waals surface area contributed by atoms with Crippen LogP contribution in [0.5, 0.6) is 11.5 Å². The van der Waals surface area contributed by atoms with Crippen molar-refractivity contribution in [3.05, 3.63) is 78.4 Å². The maximum Gasteiger partial charge on any atom is 0.341 e. The van der Waals surface area contributed by atoms with Gasteiger partial charge in [-0.05, 0) is 43.3 Å². The van der Waals surface area contributed by atoms with Gasteiger partial charge in [-0.25, -0.2) is 4.79 Å². The second kappa shape index (κ2) is 9.21. The van der Waals surface area contributed by atoms with Gasteiger partial charge in [-0.15, -0.1) is 0 Å². The van der Waals surface area contributed by atoms with Gasteiger partial charge in [-0.1, -0.05) is 30.3 Å². The molecule has 3 aromatic rings. The first kappa shape index (κ1) is 20.3. The van der Waals surface area contributed by atoms with Crippen molar-refractivity contribution in [1.82, 2.24) is 0 Å². The van der Waals surface area contributed by atoms with Crippen molar-refractivity contribution >= 4 is 28.9 Å². The molecular formula is C24H22N2O5. The van der Waals surface area contributed by atoms with E-state index in [9.17, 15) is 9.59 Å². The van der Waals surface area contributed by atoms with Gasteiger partial charge >= 0.3 is 5.97 Å². The highest BCUT2D eigenvalue weighted by molar-refractivity contribution is 6.00. The minimum atomic E-state index is -0.995. The molecule has 4 rings (SSSR count). The van der Waals surface area contributed by atoms with Crippen LogP contribution in [0.2, 0.25) is 0 Å². The fraction of sp³-hybridized carbons (Fsp3) is 0.167. The quantitative estimate of drug-likeness (QED) is 0.578. The third kappa shape index (κ3) is 4.95. The van der Waals surface area contributed by atoms with Crippen LogP contribution in [-0.2, 0) is 9.53 Å². The molecule has 0 bridgehead atoms. The average molecular weight is 418 g/mol. The first-order valence-corrected chi connectivity index (χ1v) is 9.93. The second-order valence-electron chi connectivity index (χ2n) is 6.93. The van der Waals surface area contributed by atoms with Crippen LogP contribution in [0.1, 0.15) is 17.3 Å². The molecule has 0 unspecified atom stereocenters. The Hall–Kier alpha value is -4.00. The van der Waals surface area contributed by atoms with E-state index in [0.717, 1.165) is 5.69 Å². The smallest absolute Gasteiger partial charge is 0.341 e. The number of amides is 1. The molecule has 7 nitrogen and oxygen atoms in total. The average Bonchev–Trinajstić information content (AvgIpc) is 2.80. The molecule has 7 heteroatoms. The monoisotopic (exact) mass is 418 g/mol. The molecule has 1 amide bonds. The van der Waals surface area contributed by atoms with Crippen LogP contribution in [0.4, 0.5) is 17.1 Å². The Kier molecular flexibility index (Phi) is 6.03. The van der Waals surface area contributed by atoms with Crippen LogP contribution in [0.3, 0.4) is 0 Å². The van der Waals surface area contributed by atoms with Gasteiger partial charge in [-0.3, -0.25) is 4.79 Å². The van der Waals surface area contributed by atoms with E-state index in [1.165, 1.54) is 6.92 Å². The standard InChI is InChI=1S/C24H22N2O5/c1-16(23(27)26-18-11-12-21-22(15-18)30-14-13-29-21)31-24(28)19-9-5-6-10-20(19)25-17-7-3-2-4-8-17/h2-12,15-16,25H,13-14H2,1H3,(H,26,27)/t16-/m1/s1. The number of benzene rings is 3. The number of rotatable bonds is 6. The SMILES string of the molecule is C[C@@H](OC(=O)c1ccccc1Nc1ccccc1)C(=O)Nc1ccc2c(c1)OCCO2. The summed E-state index contributed by atoms with van der Waals surface area (Å²) < 4.78 is 16.4. The van der Waals surface area contributed by atoms with Gasteiger partial charge in [0, 0.05) is 17.4 Å². The van der Waals surface area contributed by atoms with Crippen molar-refractivity contribution in [3.8, 4) is 11.5 Å². The summed E-state index contributed by atoms with van der Waals surface area (Å²) in [6.07, 6.45) is -0.995. The summed E-state index contributed by atoms with van der Waals surface area (Å²) in [4.78, 5) is 25.3. The summed E-state index contributed by atoms with van der Waals surface area (Å²) in [6, 6.07) is 21.6. The highest BCUT2D eigenvalue weighted by Crippen LogP contribution is 2.32. The summed E-state index contributed by atoms with van der Waals surface area (Å²) >= 11 is 0. The molecule has 1 atom stereocenters. The number of ether oxygens (including phenoxy) is 3. The minimum Gasteiger partial charge on any atom is -0.486 e. The van der Waals surface area contributed by atoms with Crippen molar-refractivity contribution in [2.24, 2.45) is 0 Å². The molecule has 31 heavy (non-hydrogen) atoms. The summed E-state index contributed by atoms with van der Waals surface area (Å²) in [5.74, 6) is 0.156. The number of fused-ring (bicyclic) bond motifs is 1. The predicted molar refractivity (Wildman–Crippen MR) is 117 cm³/mol. The van der Waals surface area contributed by atoms with Gasteiger partial charge in [0.25, 0.3) is 5.91 Å². The molecule has 1 heterocycles. The normalized spacial score (nSPS) is 13.1. The number of nitrogens with one attached hydrogen (secondary N) is 2. The zero-order valence-electron chi connectivity index (χ0n) is 17.0. The van der Waals surface area contributed by atoms with E-state index in [1.807, 2.05) is 36.4 Å². The molecule has 0 saturated heterocycles. The summed E-state index contributed by atoms with van der Waals surface area (Å²) in [6.45, 7) is 2.47. The van der Waals surface area contributed by atoms with E-state index >= 15 is 0 Å². The van der Waals surface area contributed by atoms with Gasteiger partial charge in [0.1, 0.15) is 13.2 Å². The van der Waals surface area contributed by atoms with Crippen molar-refractivity contribution in [2.75, 3.05) is 23.8 Å². The van der Waals surface area contributed by atoms with Gasteiger partial charge < -0.3 is 24.8 Å². The van der Waals surface area contributed by atoms with Gasteiger partial charge in [0.15, 0.2) is 17.6 Å². The molecule has 2 N–H and O–H groups in total. The van der Waals surface area contributed by atoms with Crippen molar-refractivity contribution in [3.63, 3.8) is 0 Å². The molecule has 0 fully saturated rings. The number of hydrogen-bond donors (Lipinski definition) is 2. The van der Waals surface area contributed by atoms with Crippen LogP contribution in [-0.4, -0.2) is 31.2 Å². The fourth-order valence-electron chi connectivity index (χ4n) is 3.09. The Morgan fingerprint density at radius 3 is 2.39 bits per heavy atom. The molecule has 1 aliphatic heterocycles. The molecule has 0 aliphatic carbocycles. The Labute approximate surface area is 179 Å². The second-order valence-corrected chi connectivity index (χ2v) is 6.93. The lowest BCUT2D eigenvalue weighted by Gasteiger charge is -2.19. The van der Waals surface area contributed by atoms with Crippen LogP contribution in [0.25, 0.3) is 0 Å². The molecule has 0 saturated carbocycles.